The number of nitrogens with zero attached hydrogens (tertiary/aromatic N) is 1. The zero-order valence-electron chi connectivity index (χ0n) is 15.9. The average Bonchev–Trinajstić information content (AvgIpc) is 2.82. The van der Waals surface area contributed by atoms with Gasteiger partial charge < -0.3 is 5.32 Å². The highest BCUT2D eigenvalue weighted by molar-refractivity contribution is 6.36. The van der Waals surface area contributed by atoms with Crippen LogP contribution in [0.3, 0.4) is 0 Å². The van der Waals surface area contributed by atoms with E-state index < -0.39 is 0 Å². The van der Waals surface area contributed by atoms with Crippen LogP contribution in [0.2, 0.25) is 0 Å². The molecular formula is C22H24N2O2. The summed E-state index contributed by atoms with van der Waals surface area (Å²) < 4.78 is 0. The lowest BCUT2D eigenvalue weighted by atomic mass is 10.0. The van der Waals surface area contributed by atoms with Crippen molar-refractivity contribution in [2.45, 2.75) is 40.7 Å². The first-order chi connectivity index (χ1) is 12.3. The summed E-state index contributed by atoms with van der Waals surface area (Å²) in [6.07, 6.45) is 0. The van der Waals surface area contributed by atoms with Crippen LogP contribution in [0.25, 0.3) is 5.57 Å². The molecule has 1 heterocycles. The van der Waals surface area contributed by atoms with Crippen LogP contribution >= 0.6 is 0 Å². The van der Waals surface area contributed by atoms with E-state index in [2.05, 4.69) is 5.32 Å². The molecule has 4 nitrogen and oxygen atoms in total. The average molecular weight is 348 g/mol. The number of rotatable bonds is 4. The predicted octanol–water partition coefficient (Wildman–Crippen LogP) is 4.21. The third kappa shape index (κ3) is 3.15. The molecule has 0 spiro atoms. The van der Waals surface area contributed by atoms with Gasteiger partial charge in [-0.1, -0.05) is 42.0 Å². The largest absolute Gasteiger partial charge is 0.350 e. The topological polar surface area (TPSA) is 49.4 Å². The molecule has 0 saturated carbocycles. The van der Waals surface area contributed by atoms with Crippen molar-refractivity contribution in [1.82, 2.24) is 4.90 Å². The van der Waals surface area contributed by atoms with Crippen molar-refractivity contribution < 1.29 is 9.59 Å². The molecule has 0 aromatic heterocycles. The maximum Gasteiger partial charge on any atom is 0.278 e. The molecule has 1 aliphatic heterocycles. The van der Waals surface area contributed by atoms with Crippen molar-refractivity contribution in [2.75, 3.05) is 5.32 Å². The number of hydrogen-bond acceptors (Lipinski definition) is 3. The minimum atomic E-state index is -0.276. The maximum atomic E-state index is 13.0. The van der Waals surface area contributed by atoms with Gasteiger partial charge in [-0.25, -0.2) is 0 Å². The minimum Gasteiger partial charge on any atom is -0.350 e. The summed E-state index contributed by atoms with van der Waals surface area (Å²) in [6, 6.07) is 13.5. The van der Waals surface area contributed by atoms with Crippen molar-refractivity contribution in [2.24, 2.45) is 0 Å². The fourth-order valence-electron chi connectivity index (χ4n) is 3.13. The summed E-state index contributed by atoms with van der Waals surface area (Å²) in [6.45, 7) is 9.68. The van der Waals surface area contributed by atoms with Gasteiger partial charge in [0.25, 0.3) is 11.8 Å². The van der Waals surface area contributed by atoms with E-state index in [0.717, 1.165) is 27.9 Å². The van der Waals surface area contributed by atoms with Crippen molar-refractivity contribution in [3.8, 4) is 0 Å². The number of aryl methyl sites for hydroxylation is 3. The monoisotopic (exact) mass is 348 g/mol. The molecule has 26 heavy (non-hydrogen) atoms. The third-order valence-electron chi connectivity index (χ3n) is 4.62. The summed E-state index contributed by atoms with van der Waals surface area (Å²) in [5.41, 5.74) is 5.60. The second kappa shape index (κ2) is 6.79. The first-order valence-electron chi connectivity index (χ1n) is 8.83. The lowest BCUT2D eigenvalue weighted by Crippen LogP contribution is -2.38. The lowest BCUT2D eigenvalue weighted by Gasteiger charge is -2.19. The minimum absolute atomic E-state index is 0.201. The standard InChI is InChI=1S/C22H24N2O2/c1-13(2)24-21(25)19(17-10-7-14(3)8-11-17)20(22(24)26)23-18-12-15(4)6-9-16(18)5/h6-13,23H,1-5H3. The Morgan fingerprint density at radius 2 is 1.46 bits per heavy atom. The molecule has 0 atom stereocenters. The first-order valence-corrected chi connectivity index (χ1v) is 8.83. The van der Waals surface area contributed by atoms with Crippen molar-refractivity contribution >= 4 is 23.1 Å². The van der Waals surface area contributed by atoms with E-state index in [1.165, 1.54) is 4.90 Å². The summed E-state index contributed by atoms with van der Waals surface area (Å²) in [5, 5.41) is 3.25. The molecule has 4 heteroatoms. The molecule has 2 aromatic carbocycles. The molecule has 0 radical (unpaired) electrons. The third-order valence-corrected chi connectivity index (χ3v) is 4.62. The number of imide groups is 1. The first kappa shape index (κ1) is 17.9. The van der Waals surface area contributed by atoms with Crippen LogP contribution in [-0.2, 0) is 9.59 Å². The smallest absolute Gasteiger partial charge is 0.278 e. The Hall–Kier alpha value is -2.88. The zero-order chi connectivity index (χ0) is 19.0. The number of carbonyl (C=O) groups excluding carboxylic acids is 2. The zero-order valence-corrected chi connectivity index (χ0v) is 15.9. The van der Waals surface area contributed by atoms with Crippen LogP contribution < -0.4 is 5.32 Å². The molecule has 134 valence electrons. The van der Waals surface area contributed by atoms with E-state index in [-0.39, 0.29) is 17.9 Å². The SMILES string of the molecule is Cc1ccc(C2=C(Nc3cc(C)ccc3C)C(=O)N(C(C)C)C2=O)cc1. The van der Waals surface area contributed by atoms with Gasteiger partial charge in [0.05, 0.1) is 5.57 Å². The fourth-order valence-corrected chi connectivity index (χ4v) is 3.13. The van der Waals surface area contributed by atoms with Gasteiger partial charge in [-0.2, -0.15) is 0 Å². The summed E-state index contributed by atoms with van der Waals surface area (Å²) in [4.78, 5) is 27.3. The van der Waals surface area contributed by atoms with Gasteiger partial charge in [-0.3, -0.25) is 14.5 Å². The molecule has 0 bridgehead atoms. The molecule has 3 rings (SSSR count). The second-order valence-corrected chi connectivity index (χ2v) is 7.13. The molecule has 2 amide bonds. The number of carbonyl (C=O) groups is 2. The van der Waals surface area contributed by atoms with Gasteiger partial charge in [0.15, 0.2) is 0 Å². The molecule has 0 fully saturated rings. The van der Waals surface area contributed by atoms with Gasteiger partial charge in [-0.15, -0.1) is 0 Å². The molecule has 2 aromatic rings. The van der Waals surface area contributed by atoms with Crippen LogP contribution in [0.1, 0.15) is 36.1 Å². The van der Waals surface area contributed by atoms with Crippen molar-refractivity contribution in [3.05, 3.63) is 70.4 Å². The van der Waals surface area contributed by atoms with E-state index in [0.29, 0.717) is 11.3 Å². The highest BCUT2D eigenvalue weighted by Gasteiger charge is 2.40. The van der Waals surface area contributed by atoms with Crippen LogP contribution in [0.5, 0.6) is 0 Å². The van der Waals surface area contributed by atoms with Gasteiger partial charge in [-0.05, 0) is 57.4 Å². The van der Waals surface area contributed by atoms with Crippen LogP contribution in [0.4, 0.5) is 5.69 Å². The molecule has 1 N–H and O–H groups in total. The van der Waals surface area contributed by atoms with Crippen molar-refractivity contribution in [3.63, 3.8) is 0 Å². The Balaban J connectivity index is 2.13. The highest BCUT2D eigenvalue weighted by Crippen LogP contribution is 2.32. The Morgan fingerprint density at radius 3 is 2.08 bits per heavy atom. The molecule has 0 aliphatic carbocycles. The Labute approximate surface area is 154 Å². The quantitative estimate of drug-likeness (QED) is 0.842. The van der Waals surface area contributed by atoms with Crippen LogP contribution in [0.15, 0.2) is 48.2 Å². The normalized spacial score (nSPS) is 14.6. The summed E-state index contributed by atoms with van der Waals surface area (Å²) in [5.74, 6) is -0.525. The Bertz CT molecular complexity index is 908. The van der Waals surface area contributed by atoms with Gasteiger partial charge >= 0.3 is 0 Å². The predicted molar refractivity (Wildman–Crippen MR) is 105 cm³/mol. The van der Waals surface area contributed by atoms with E-state index >= 15 is 0 Å². The van der Waals surface area contributed by atoms with Crippen LogP contribution in [-0.4, -0.2) is 22.8 Å². The van der Waals surface area contributed by atoms with Gasteiger partial charge in [0.1, 0.15) is 5.70 Å². The molecular weight excluding hydrogens is 324 g/mol. The fraction of sp³-hybridized carbons (Fsp3) is 0.273. The number of anilines is 1. The molecule has 0 unspecified atom stereocenters. The number of amides is 2. The molecule has 1 aliphatic rings. The second-order valence-electron chi connectivity index (χ2n) is 7.13. The van der Waals surface area contributed by atoms with E-state index in [4.69, 9.17) is 0 Å². The number of hydrogen-bond donors (Lipinski definition) is 1. The summed E-state index contributed by atoms with van der Waals surface area (Å²) in [7, 11) is 0. The summed E-state index contributed by atoms with van der Waals surface area (Å²) >= 11 is 0. The van der Waals surface area contributed by atoms with E-state index in [9.17, 15) is 9.59 Å². The molecule has 0 saturated heterocycles. The van der Waals surface area contributed by atoms with Crippen molar-refractivity contribution in [1.29, 1.82) is 0 Å². The maximum absolute atomic E-state index is 13.0. The highest BCUT2D eigenvalue weighted by atomic mass is 16.2. The number of benzene rings is 2. The van der Waals surface area contributed by atoms with Crippen LogP contribution in [0, 0.1) is 20.8 Å². The van der Waals surface area contributed by atoms with Gasteiger partial charge in [0.2, 0.25) is 0 Å². The Morgan fingerprint density at radius 1 is 0.846 bits per heavy atom. The Kier molecular flexibility index (Phi) is 4.68. The lowest BCUT2D eigenvalue weighted by molar-refractivity contribution is -0.138. The van der Waals surface area contributed by atoms with Gasteiger partial charge in [0, 0.05) is 11.7 Å². The number of nitrogens with one attached hydrogen (secondary N) is 1. The van der Waals surface area contributed by atoms with E-state index in [1.54, 1.807) is 0 Å². The van der Waals surface area contributed by atoms with E-state index in [1.807, 2.05) is 77.1 Å².